The topological polar surface area (TPSA) is 222 Å². The number of nitrogen functional groups attached to an aromatic ring is 1. The van der Waals surface area contributed by atoms with Gasteiger partial charge in [-0.25, -0.2) is 25.9 Å². The first-order chi connectivity index (χ1) is 27.5. The van der Waals surface area contributed by atoms with E-state index in [1.165, 1.54) is 0 Å². The van der Waals surface area contributed by atoms with Crippen molar-refractivity contribution in [2.75, 3.05) is 60.2 Å². The van der Waals surface area contributed by atoms with Crippen LogP contribution in [0.5, 0.6) is 0 Å². The molecule has 16 nitrogen and oxygen atoms in total. The number of nitrogens with one attached hydrogen (secondary N) is 1. The van der Waals surface area contributed by atoms with Crippen molar-refractivity contribution in [3.8, 4) is 22.5 Å². The number of carbonyl (C=O) groups excluding carboxylic acids is 1. The number of carbonyl (C=O) groups is 1. The molecule has 2 aliphatic heterocycles. The Hall–Kier alpha value is -3.08. The van der Waals surface area contributed by atoms with Gasteiger partial charge in [-0.1, -0.05) is 60.7 Å². The minimum absolute atomic E-state index is 0. The zero-order valence-electron chi connectivity index (χ0n) is 31.8. The Balaban J connectivity index is 0.000000211. The van der Waals surface area contributed by atoms with Crippen LogP contribution in [-0.4, -0.2) is 116 Å². The van der Waals surface area contributed by atoms with Crippen LogP contribution < -0.4 is 11.1 Å². The second kappa shape index (κ2) is 20.7. The molecular formula is C38H45I3N10O6S2. The van der Waals surface area contributed by atoms with Crippen LogP contribution in [0.3, 0.4) is 0 Å². The monoisotopic (exact) mass is 1180 g/mol. The minimum Gasteiger partial charge on any atom is -0.412 e. The molecule has 6 heterocycles. The van der Waals surface area contributed by atoms with Gasteiger partial charge in [-0.05, 0) is 48.2 Å². The number of hydrogen-bond acceptors (Lipinski definition) is 12. The number of sulfone groups is 2. The maximum atomic E-state index is 12.0. The average Bonchev–Trinajstić information content (AvgIpc) is 3.87. The molecule has 5 N–H and O–H groups in total. The lowest BCUT2D eigenvalue weighted by Crippen LogP contribution is -2.39. The number of nitrogens with two attached hydrogens (primary N) is 1. The van der Waals surface area contributed by atoms with Gasteiger partial charge in [0, 0.05) is 93.5 Å². The molecule has 2 aromatic carbocycles. The third kappa shape index (κ3) is 12.3. The van der Waals surface area contributed by atoms with Crippen LogP contribution in [0, 0.1) is 5.92 Å². The van der Waals surface area contributed by atoms with Gasteiger partial charge in [0.15, 0.2) is 31.0 Å². The van der Waals surface area contributed by atoms with E-state index in [0.717, 1.165) is 59.6 Å². The third-order valence-corrected chi connectivity index (χ3v) is 13.3. The number of rotatable bonds is 8. The molecule has 3 aliphatic rings. The van der Waals surface area contributed by atoms with Crippen molar-refractivity contribution in [2.45, 2.75) is 25.9 Å². The summed E-state index contributed by atoms with van der Waals surface area (Å²) in [7, 11) is -5.70. The number of nitrogens with zero attached hydrogens (tertiary/aromatic N) is 8. The number of pyridine rings is 2. The highest BCUT2D eigenvalue weighted by molar-refractivity contribution is 15.0. The van der Waals surface area contributed by atoms with Crippen LogP contribution in [0.2, 0.25) is 0 Å². The Morgan fingerprint density at radius 1 is 0.661 bits per heavy atom. The predicted molar refractivity (Wildman–Crippen MR) is 258 cm³/mol. The summed E-state index contributed by atoms with van der Waals surface area (Å²) in [6, 6.07) is 27.9. The number of fused-ring (bicyclic) bond motifs is 2. The summed E-state index contributed by atoms with van der Waals surface area (Å²) in [6.45, 7) is 3.86. The molecule has 9 rings (SSSR count). The lowest BCUT2D eigenvalue weighted by Gasteiger charge is -2.26. The first-order valence-corrected chi connectivity index (χ1v) is 28.4. The van der Waals surface area contributed by atoms with E-state index in [0.29, 0.717) is 43.4 Å². The molecule has 21 heteroatoms. The van der Waals surface area contributed by atoms with Crippen LogP contribution in [0.25, 0.3) is 33.8 Å². The Morgan fingerprint density at radius 3 is 1.53 bits per heavy atom. The van der Waals surface area contributed by atoms with E-state index in [4.69, 9.17) is 5.73 Å². The molecule has 0 radical (unpaired) electrons. The Labute approximate surface area is 383 Å². The maximum absolute atomic E-state index is 12.0. The molecule has 0 bridgehead atoms. The van der Waals surface area contributed by atoms with E-state index < -0.39 is 19.7 Å². The third-order valence-electron chi connectivity index (χ3n) is 10.1. The van der Waals surface area contributed by atoms with Crippen LogP contribution in [0.4, 0.5) is 11.9 Å². The standard InChI is InChI=1S/C21H23N5O3S.C17H19N5O2S.I2.HI.H2O/c27-20(17-8-9-17)23-21-22-19-3-1-2-18(26(19)24-21)16-6-4-15(5-7-16)14-25-10-12-30(28,29)13-11-25;18-17-19-16-3-1-2-15(22(16)20-17)14-6-4-13(5-7-14)12-21-8-10-25(23,24)11-9-21;1-2;;/h1-7,17H,8-14H2,(H,23,24,27);1-7H,8-12H2,(H2,18,20);;1H;1H2. The first-order valence-electron chi connectivity index (χ1n) is 18.4. The molecule has 0 spiro atoms. The van der Waals surface area contributed by atoms with Crippen molar-refractivity contribution in [2.24, 2.45) is 5.92 Å². The van der Waals surface area contributed by atoms with Crippen molar-refractivity contribution in [3.05, 3.63) is 96.1 Å². The molecule has 4 aromatic heterocycles. The molecule has 1 saturated carbocycles. The number of hydrogen-bond donors (Lipinski definition) is 2. The summed E-state index contributed by atoms with van der Waals surface area (Å²) >= 11 is 4.24. The second-order valence-electron chi connectivity index (χ2n) is 14.3. The van der Waals surface area contributed by atoms with Gasteiger partial charge in [-0.15, -0.1) is 34.2 Å². The van der Waals surface area contributed by atoms with E-state index in [1.807, 2.05) is 60.7 Å². The lowest BCUT2D eigenvalue weighted by molar-refractivity contribution is -0.117. The smallest absolute Gasteiger partial charge is 0.249 e. The van der Waals surface area contributed by atoms with Gasteiger partial charge in [0.05, 0.1) is 34.4 Å². The molecule has 0 unspecified atom stereocenters. The largest absolute Gasteiger partial charge is 0.412 e. The van der Waals surface area contributed by atoms with Crippen molar-refractivity contribution in [1.82, 2.24) is 39.0 Å². The zero-order valence-corrected chi connectivity index (χ0v) is 40.1. The first kappa shape index (κ1) is 47.0. The molecular weight excluding hydrogens is 1140 g/mol. The maximum Gasteiger partial charge on any atom is 0.249 e. The molecule has 3 fully saturated rings. The summed E-state index contributed by atoms with van der Waals surface area (Å²) in [5.74, 6) is 1.64. The van der Waals surface area contributed by atoms with Gasteiger partial charge in [0.25, 0.3) is 0 Å². The molecule has 316 valence electrons. The average molecular weight is 1180 g/mol. The van der Waals surface area contributed by atoms with Crippen molar-refractivity contribution >= 4 is 110 Å². The molecule has 2 saturated heterocycles. The van der Waals surface area contributed by atoms with E-state index in [2.05, 4.69) is 96.8 Å². The number of amides is 1. The normalized spacial score (nSPS) is 17.3. The van der Waals surface area contributed by atoms with Crippen molar-refractivity contribution in [3.63, 3.8) is 0 Å². The van der Waals surface area contributed by atoms with E-state index >= 15 is 0 Å². The highest BCUT2D eigenvalue weighted by Gasteiger charge is 2.30. The van der Waals surface area contributed by atoms with Crippen LogP contribution in [-0.2, 0) is 37.6 Å². The fourth-order valence-corrected chi connectivity index (χ4v) is 9.32. The van der Waals surface area contributed by atoms with Crippen LogP contribution in [0.15, 0.2) is 84.9 Å². The predicted octanol–water partition coefficient (Wildman–Crippen LogP) is 4.75. The molecule has 59 heavy (non-hydrogen) atoms. The lowest BCUT2D eigenvalue weighted by atomic mass is 10.1. The Kier molecular flexibility index (Phi) is 16.4. The highest BCUT2D eigenvalue weighted by Crippen LogP contribution is 2.30. The fraction of sp³-hybridized carbons (Fsp3) is 0.342. The highest BCUT2D eigenvalue weighted by atomic mass is 128. The summed E-state index contributed by atoms with van der Waals surface area (Å²) in [4.78, 5) is 25.0. The van der Waals surface area contributed by atoms with Gasteiger partial charge in [0.1, 0.15) is 0 Å². The summed E-state index contributed by atoms with van der Waals surface area (Å²) in [5, 5.41) is 11.5. The number of halogens is 3. The molecule has 0 atom stereocenters. The Morgan fingerprint density at radius 2 is 1.08 bits per heavy atom. The van der Waals surface area contributed by atoms with Crippen LogP contribution in [0.1, 0.15) is 24.0 Å². The number of benzene rings is 2. The Bertz CT molecular complexity index is 2560. The molecule has 1 aliphatic carbocycles. The van der Waals surface area contributed by atoms with Crippen molar-refractivity contribution in [1.29, 1.82) is 0 Å². The quantitative estimate of drug-likeness (QED) is 0.197. The summed E-state index contributed by atoms with van der Waals surface area (Å²) in [6.07, 6.45) is 1.87. The summed E-state index contributed by atoms with van der Waals surface area (Å²) in [5.41, 5.74) is 13.2. The number of anilines is 2. The SMILES string of the molecule is I.II.Nc1nc2cccc(-c3ccc(CN4CCS(=O)(=O)CC4)cc3)n2n1.O.O=C(Nc1nc2cccc(-c3ccc(CN4CCS(=O)(=O)CC4)cc3)n2n1)C1CC1. The second-order valence-corrected chi connectivity index (χ2v) is 18.9. The zero-order chi connectivity index (χ0) is 40.2. The van der Waals surface area contributed by atoms with E-state index in [-0.39, 0.29) is 70.2 Å². The minimum atomic E-state index is -2.86. The van der Waals surface area contributed by atoms with E-state index in [1.54, 1.807) is 9.03 Å². The van der Waals surface area contributed by atoms with Crippen molar-refractivity contribution < 1.29 is 27.1 Å². The van der Waals surface area contributed by atoms with Gasteiger partial charge >= 0.3 is 0 Å². The van der Waals surface area contributed by atoms with Gasteiger partial charge in [0.2, 0.25) is 17.8 Å². The fourth-order valence-electron chi connectivity index (χ4n) is 6.77. The van der Waals surface area contributed by atoms with Gasteiger partial charge in [-0.3, -0.25) is 19.9 Å². The molecule has 1 amide bonds. The molecule has 6 aromatic rings. The van der Waals surface area contributed by atoms with Gasteiger partial charge in [-0.2, -0.15) is 9.97 Å². The van der Waals surface area contributed by atoms with Crippen LogP contribution >= 0.6 is 61.2 Å². The summed E-state index contributed by atoms with van der Waals surface area (Å²) < 4.78 is 49.7. The number of aromatic nitrogens is 6. The van der Waals surface area contributed by atoms with E-state index in [9.17, 15) is 21.6 Å². The van der Waals surface area contributed by atoms with Gasteiger partial charge < -0.3 is 11.2 Å².